The van der Waals surface area contributed by atoms with Crippen molar-refractivity contribution in [3.8, 4) is 0 Å². The van der Waals surface area contributed by atoms with Gasteiger partial charge in [0.1, 0.15) is 6.04 Å². The van der Waals surface area contributed by atoms with E-state index in [1.165, 1.54) is 0 Å². The van der Waals surface area contributed by atoms with Crippen molar-refractivity contribution in [1.82, 2.24) is 19.7 Å². The minimum Gasteiger partial charge on any atom is -0.459 e. The summed E-state index contributed by atoms with van der Waals surface area (Å²) in [5.74, 6) is 0.196. The summed E-state index contributed by atoms with van der Waals surface area (Å²) in [6.45, 7) is 5.52. The Kier molecular flexibility index (Phi) is 7.53. The topological polar surface area (TPSA) is 70.7 Å². The van der Waals surface area contributed by atoms with Gasteiger partial charge in [0, 0.05) is 46.1 Å². The number of aryl methyl sites for hydroxylation is 2. The summed E-state index contributed by atoms with van der Waals surface area (Å²) in [6, 6.07) is 11.5. The number of carbonyl (C=O) groups excluding carboxylic acids is 2. The lowest BCUT2D eigenvalue weighted by atomic mass is 10.1. The van der Waals surface area contributed by atoms with Gasteiger partial charge in [0.15, 0.2) is 5.76 Å². The Balaban J connectivity index is 1.65. The molecule has 0 aliphatic rings. The van der Waals surface area contributed by atoms with Crippen LogP contribution in [0.2, 0.25) is 0 Å². The monoisotopic (exact) mass is 436 g/mol. The van der Waals surface area contributed by atoms with Crippen molar-refractivity contribution in [2.45, 2.75) is 33.0 Å². The predicted octanol–water partition coefficient (Wildman–Crippen LogP) is 3.51. The van der Waals surface area contributed by atoms with E-state index in [0.717, 1.165) is 22.3 Å². The van der Waals surface area contributed by atoms with Crippen LogP contribution in [0, 0.1) is 6.92 Å². The van der Waals surface area contributed by atoms with Crippen LogP contribution in [0.4, 0.5) is 0 Å². The Morgan fingerprint density at radius 2 is 1.75 bits per heavy atom. The zero-order valence-corrected chi connectivity index (χ0v) is 19.5. The molecule has 1 N–H and O–H groups in total. The number of nitrogens with one attached hydrogen (secondary N) is 1. The Labute approximate surface area is 189 Å². The number of furan rings is 1. The standard InChI is InChI=1S/C25H32N4O3/c1-6-26-24(30)23(21-11-12-27(3)16-21)28(4)14-19-7-9-20(10-8-19)15-29(5)25(31)22-13-18(2)17-32-22/h7-13,16-17,23H,6,14-15H2,1-5H3,(H,26,30). The first-order chi connectivity index (χ1) is 15.3. The first kappa shape index (κ1) is 23.3. The molecule has 0 saturated carbocycles. The average molecular weight is 437 g/mol. The molecule has 0 aliphatic carbocycles. The number of aromatic nitrogens is 1. The quantitative estimate of drug-likeness (QED) is 0.557. The van der Waals surface area contributed by atoms with Gasteiger partial charge in [-0.25, -0.2) is 0 Å². The molecule has 7 heteroatoms. The molecule has 2 aromatic heterocycles. The summed E-state index contributed by atoms with van der Waals surface area (Å²) < 4.78 is 7.26. The number of likely N-dealkylation sites (N-methyl/N-ethyl adjacent to an activating group) is 2. The fraction of sp³-hybridized carbons (Fsp3) is 0.360. The molecule has 0 fully saturated rings. The normalized spacial score (nSPS) is 12.1. The zero-order valence-electron chi connectivity index (χ0n) is 19.5. The number of hydrogen-bond acceptors (Lipinski definition) is 4. The van der Waals surface area contributed by atoms with Crippen LogP contribution in [0.25, 0.3) is 0 Å². The van der Waals surface area contributed by atoms with Crippen molar-refractivity contribution < 1.29 is 14.0 Å². The third-order valence-electron chi connectivity index (χ3n) is 5.37. The molecule has 1 unspecified atom stereocenters. The van der Waals surface area contributed by atoms with Gasteiger partial charge in [0.25, 0.3) is 5.91 Å². The van der Waals surface area contributed by atoms with Gasteiger partial charge in [-0.1, -0.05) is 24.3 Å². The second-order valence-electron chi connectivity index (χ2n) is 8.29. The van der Waals surface area contributed by atoms with Crippen LogP contribution in [-0.2, 0) is 24.9 Å². The Morgan fingerprint density at radius 3 is 2.28 bits per heavy atom. The molecule has 0 bridgehead atoms. The van der Waals surface area contributed by atoms with E-state index < -0.39 is 0 Å². The van der Waals surface area contributed by atoms with Gasteiger partial charge in [0.05, 0.1) is 6.26 Å². The van der Waals surface area contributed by atoms with Crippen molar-refractivity contribution in [2.75, 3.05) is 20.6 Å². The highest BCUT2D eigenvalue weighted by atomic mass is 16.3. The highest BCUT2D eigenvalue weighted by Crippen LogP contribution is 2.22. The Bertz CT molecular complexity index is 1050. The highest BCUT2D eigenvalue weighted by molar-refractivity contribution is 5.91. The molecule has 1 aromatic carbocycles. The maximum Gasteiger partial charge on any atom is 0.289 e. The van der Waals surface area contributed by atoms with E-state index in [0.29, 0.717) is 25.4 Å². The third kappa shape index (κ3) is 5.68. The van der Waals surface area contributed by atoms with Gasteiger partial charge in [-0.15, -0.1) is 0 Å². The van der Waals surface area contributed by atoms with E-state index in [1.54, 1.807) is 24.3 Å². The number of amides is 2. The maximum absolute atomic E-state index is 12.7. The van der Waals surface area contributed by atoms with Crippen molar-refractivity contribution in [3.63, 3.8) is 0 Å². The second-order valence-corrected chi connectivity index (χ2v) is 8.29. The number of rotatable bonds is 9. The molecule has 1 atom stereocenters. The van der Waals surface area contributed by atoms with Gasteiger partial charge in [-0.2, -0.15) is 0 Å². The van der Waals surface area contributed by atoms with Gasteiger partial charge >= 0.3 is 0 Å². The van der Waals surface area contributed by atoms with Crippen molar-refractivity contribution in [1.29, 1.82) is 0 Å². The minimum absolute atomic E-state index is 0.00822. The number of hydrogen-bond donors (Lipinski definition) is 1. The second kappa shape index (κ2) is 10.3. The van der Waals surface area contributed by atoms with Gasteiger partial charge in [-0.05, 0) is 55.3 Å². The first-order valence-corrected chi connectivity index (χ1v) is 10.8. The number of nitrogens with zero attached hydrogens (tertiary/aromatic N) is 3. The molecular formula is C25H32N4O3. The van der Waals surface area contributed by atoms with Crippen LogP contribution >= 0.6 is 0 Å². The summed E-state index contributed by atoms with van der Waals surface area (Å²) in [5.41, 5.74) is 4.01. The van der Waals surface area contributed by atoms with E-state index in [2.05, 4.69) is 5.32 Å². The lowest BCUT2D eigenvalue weighted by molar-refractivity contribution is -0.126. The van der Waals surface area contributed by atoms with Crippen LogP contribution in [0.1, 0.15) is 45.8 Å². The lowest BCUT2D eigenvalue weighted by Crippen LogP contribution is -2.38. The van der Waals surface area contributed by atoms with Crippen LogP contribution < -0.4 is 5.32 Å². The highest BCUT2D eigenvalue weighted by Gasteiger charge is 2.25. The molecule has 3 rings (SSSR count). The molecule has 32 heavy (non-hydrogen) atoms. The van der Waals surface area contributed by atoms with E-state index in [1.807, 2.05) is 80.1 Å². The molecule has 3 aromatic rings. The first-order valence-electron chi connectivity index (χ1n) is 10.8. The molecule has 2 heterocycles. The van der Waals surface area contributed by atoms with Gasteiger partial charge < -0.3 is 19.2 Å². The van der Waals surface area contributed by atoms with Gasteiger partial charge in [-0.3, -0.25) is 14.5 Å². The summed E-state index contributed by atoms with van der Waals surface area (Å²) in [7, 11) is 5.67. The summed E-state index contributed by atoms with van der Waals surface area (Å²) in [5, 5.41) is 2.94. The smallest absolute Gasteiger partial charge is 0.289 e. The van der Waals surface area contributed by atoms with E-state index >= 15 is 0 Å². The van der Waals surface area contributed by atoms with Crippen LogP contribution in [-0.4, -0.2) is 46.8 Å². The van der Waals surface area contributed by atoms with E-state index in [9.17, 15) is 9.59 Å². The van der Waals surface area contributed by atoms with Gasteiger partial charge in [0.2, 0.25) is 5.91 Å². The van der Waals surface area contributed by atoms with E-state index in [-0.39, 0.29) is 17.9 Å². The average Bonchev–Trinajstić information content (AvgIpc) is 3.37. The fourth-order valence-corrected chi connectivity index (χ4v) is 3.77. The minimum atomic E-state index is -0.365. The molecule has 2 amide bonds. The summed E-state index contributed by atoms with van der Waals surface area (Å²) >= 11 is 0. The maximum atomic E-state index is 12.7. The molecule has 0 spiro atoms. The molecule has 0 saturated heterocycles. The molecular weight excluding hydrogens is 404 g/mol. The fourth-order valence-electron chi connectivity index (χ4n) is 3.77. The van der Waals surface area contributed by atoms with Crippen LogP contribution in [0.3, 0.4) is 0 Å². The van der Waals surface area contributed by atoms with E-state index in [4.69, 9.17) is 4.42 Å². The molecule has 170 valence electrons. The van der Waals surface area contributed by atoms with Crippen molar-refractivity contribution in [3.05, 3.63) is 83.1 Å². The summed E-state index contributed by atoms with van der Waals surface area (Å²) in [4.78, 5) is 28.9. The SMILES string of the molecule is CCNC(=O)C(c1ccn(C)c1)N(C)Cc1ccc(CN(C)C(=O)c2cc(C)co2)cc1. The lowest BCUT2D eigenvalue weighted by Gasteiger charge is -2.27. The number of carbonyl (C=O) groups is 2. The summed E-state index contributed by atoms with van der Waals surface area (Å²) in [6.07, 6.45) is 5.51. The van der Waals surface area contributed by atoms with Crippen molar-refractivity contribution >= 4 is 11.8 Å². The largest absolute Gasteiger partial charge is 0.459 e. The Hall–Kier alpha value is -3.32. The predicted molar refractivity (Wildman–Crippen MR) is 124 cm³/mol. The molecule has 0 radical (unpaired) electrons. The zero-order chi connectivity index (χ0) is 23.3. The van der Waals surface area contributed by atoms with Crippen LogP contribution in [0.15, 0.2) is 59.5 Å². The van der Waals surface area contributed by atoms with Crippen molar-refractivity contribution in [2.24, 2.45) is 7.05 Å². The molecule has 7 nitrogen and oxygen atoms in total. The van der Waals surface area contributed by atoms with Crippen LogP contribution in [0.5, 0.6) is 0 Å². The third-order valence-corrected chi connectivity index (χ3v) is 5.37. The Morgan fingerprint density at radius 1 is 1.09 bits per heavy atom. The molecule has 0 aliphatic heterocycles. The number of benzene rings is 1.